The van der Waals surface area contributed by atoms with Crippen molar-refractivity contribution in [3.05, 3.63) is 35.9 Å². The van der Waals surface area contributed by atoms with Crippen LogP contribution in [0.1, 0.15) is 50.5 Å². The SMILES string of the molecule is CCC(C(=O)N1CCC(NC2CCSCC2)CC1)c1ccccc1. The zero-order valence-corrected chi connectivity index (χ0v) is 15.6. The highest BCUT2D eigenvalue weighted by atomic mass is 32.2. The van der Waals surface area contributed by atoms with Gasteiger partial charge in [-0.15, -0.1) is 0 Å². The van der Waals surface area contributed by atoms with Gasteiger partial charge in [-0.3, -0.25) is 4.79 Å². The molecule has 2 aliphatic rings. The van der Waals surface area contributed by atoms with E-state index in [2.05, 4.69) is 41.0 Å². The van der Waals surface area contributed by atoms with Gasteiger partial charge in [-0.25, -0.2) is 0 Å². The minimum atomic E-state index is 0.0195. The maximum absolute atomic E-state index is 12.9. The Balaban J connectivity index is 1.51. The summed E-state index contributed by atoms with van der Waals surface area (Å²) in [6, 6.07) is 11.5. The number of carbonyl (C=O) groups is 1. The van der Waals surface area contributed by atoms with Crippen molar-refractivity contribution in [2.24, 2.45) is 0 Å². The van der Waals surface area contributed by atoms with Crippen molar-refractivity contribution in [2.45, 2.75) is 57.0 Å². The van der Waals surface area contributed by atoms with E-state index in [1.807, 2.05) is 18.2 Å². The first-order chi connectivity index (χ1) is 11.8. The summed E-state index contributed by atoms with van der Waals surface area (Å²) in [7, 11) is 0. The number of hydrogen-bond acceptors (Lipinski definition) is 3. The van der Waals surface area contributed by atoms with Crippen LogP contribution >= 0.6 is 11.8 Å². The number of nitrogens with one attached hydrogen (secondary N) is 1. The largest absolute Gasteiger partial charge is 0.342 e. The van der Waals surface area contributed by atoms with Crippen LogP contribution in [0.3, 0.4) is 0 Å². The minimum Gasteiger partial charge on any atom is -0.342 e. The predicted octanol–water partition coefficient (Wildman–Crippen LogP) is 3.66. The number of rotatable bonds is 5. The van der Waals surface area contributed by atoms with Crippen LogP contribution < -0.4 is 5.32 Å². The van der Waals surface area contributed by atoms with Crippen molar-refractivity contribution < 1.29 is 4.79 Å². The summed E-state index contributed by atoms with van der Waals surface area (Å²) in [4.78, 5) is 15.0. The van der Waals surface area contributed by atoms with Gasteiger partial charge in [-0.1, -0.05) is 37.3 Å². The van der Waals surface area contributed by atoms with E-state index in [0.29, 0.717) is 18.0 Å². The summed E-state index contributed by atoms with van der Waals surface area (Å²) in [5.41, 5.74) is 1.16. The van der Waals surface area contributed by atoms with Gasteiger partial charge in [0.2, 0.25) is 5.91 Å². The van der Waals surface area contributed by atoms with E-state index in [1.54, 1.807) is 0 Å². The fourth-order valence-electron chi connectivity index (χ4n) is 3.92. The van der Waals surface area contributed by atoms with E-state index in [4.69, 9.17) is 0 Å². The lowest BCUT2D eigenvalue weighted by molar-refractivity contribution is -0.134. The van der Waals surface area contributed by atoms with Crippen LogP contribution in [0.5, 0.6) is 0 Å². The number of amides is 1. The second-order valence-electron chi connectivity index (χ2n) is 7.02. The molecule has 132 valence electrons. The number of hydrogen-bond donors (Lipinski definition) is 1. The molecule has 0 radical (unpaired) electrons. The van der Waals surface area contributed by atoms with E-state index < -0.39 is 0 Å². The molecule has 1 unspecified atom stereocenters. The topological polar surface area (TPSA) is 32.3 Å². The third-order valence-electron chi connectivity index (χ3n) is 5.41. The average molecular weight is 347 g/mol. The monoisotopic (exact) mass is 346 g/mol. The fourth-order valence-corrected chi connectivity index (χ4v) is 5.03. The molecule has 0 bridgehead atoms. The van der Waals surface area contributed by atoms with Crippen LogP contribution in [0.2, 0.25) is 0 Å². The molecule has 1 N–H and O–H groups in total. The molecule has 2 aliphatic heterocycles. The molecule has 2 heterocycles. The van der Waals surface area contributed by atoms with Gasteiger partial charge >= 0.3 is 0 Å². The molecule has 3 rings (SSSR count). The van der Waals surface area contributed by atoms with Gasteiger partial charge in [0.05, 0.1) is 5.92 Å². The highest BCUT2D eigenvalue weighted by Crippen LogP contribution is 2.25. The van der Waals surface area contributed by atoms with E-state index >= 15 is 0 Å². The van der Waals surface area contributed by atoms with E-state index in [9.17, 15) is 4.79 Å². The van der Waals surface area contributed by atoms with Gasteiger partial charge in [0.15, 0.2) is 0 Å². The van der Waals surface area contributed by atoms with Crippen LogP contribution in [0.4, 0.5) is 0 Å². The molecule has 3 nitrogen and oxygen atoms in total. The summed E-state index contributed by atoms with van der Waals surface area (Å²) in [5.74, 6) is 2.93. The van der Waals surface area contributed by atoms with Gasteiger partial charge in [-0.2, -0.15) is 11.8 Å². The Bertz CT molecular complexity index is 508. The van der Waals surface area contributed by atoms with E-state index in [-0.39, 0.29) is 5.92 Å². The number of nitrogens with zero attached hydrogens (tertiary/aromatic N) is 1. The van der Waals surface area contributed by atoms with Gasteiger partial charge in [-0.05, 0) is 49.2 Å². The third-order valence-corrected chi connectivity index (χ3v) is 6.46. The number of carbonyl (C=O) groups excluding carboxylic acids is 1. The molecule has 0 aliphatic carbocycles. The highest BCUT2D eigenvalue weighted by molar-refractivity contribution is 7.99. The molecule has 0 spiro atoms. The zero-order valence-electron chi connectivity index (χ0n) is 14.7. The molecule has 2 fully saturated rings. The van der Waals surface area contributed by atoms with Crippen molar-refractivity contribution in [3.8, 4) is 0 Å². The van der Waals surface area contributed by atoms with Gasteiger partial charge in [0.1, 0.15) is 0 Å². The number of thioether (sulfide) groups is 1. The molecule has 1 atom stereocenters. The van der Waals surface area contributed by atoms with E-state index in [0.717, 1.165) is 37.9 Å². The van der Waals surface area contributed by atoms with Crippen molar-refractivity contribution in [1.29, 1.82) is 0 Å². The Labute approximate surface area is 150 Å². The number of likely N-dealkylation sites (tertiary alicyclic amines) is 1. The van der Waals surface area contributed by atoms with Crippen LogP contribution in [-0.4, -0.2) is 47.5 Å². The first-order valence-corrected chi connectivity index (χ1v) is 10.6. The molecule has 1 amide bonds. The molecule has 24 heavy (non-hydrogen) atoms. The fraction of sp³-hybridized carbons (Fsp3) is 0.650. The molecular weight excluding hydrogens is 316 g/mol. The Hall–Kier alpha value is -1.00. The lowest BCUT2D eigenvalue weighted by Crippen LogP contribution is -2.49. The average Bonchev–Trinajstić information content (AvgIpc) is 2.65. The minimum absolute atomic E-state index is 0.0195. The smallest absolute Gasteiger partial charge is 0.230 e. The molecule has 1 aromatic carbocycles. The van der Waals surface area contributed by atoms with Crippen molar-refractivity contribution in [2.75, 3.05) is 24.6 Å². The molecular formula is C20H30N2OS. The first-order valence-electron chi connectivity index (χ1n) is 9.45. The van der Waals surface area contributed by atoms with Crippen LogP contribution in [-0.2, 0) is 4.79 Å². The van der Waals surface area contributed by atoms with Crippen molar-refractivity contribution in [1.82, 2.24) is 10.2 Å². The Morgan fingerprint density at radius 3 is 2.38 bits per heavy atom. The van der Waals surface area contributed by atoms with Crippen molar-refractivity contribution in [3.63, 3.8) is 0 Å². The molecule has 4 heteroatoms. The summed E-state index contributed by atoms with van der Waals surface area (Å²) in [6.45, 7) is 3.92. The lowest BCUT2D eigenvalue weighted by atomic mass is 9.93. The second-order valence-corrected chi connectivity index (χ2v) is 8.25. The van der Waals surface area contributed by atoms with E-state index in [1.165, 1.54) is 24.3 Å². The molecule has 1 aromatic rings. The summed E-state index contributed by atoms with van der Waals surface area (Å²) in [6.07, 6.45) is 5.67. The molecule has 0 aromatic heterocycles. The molecule has 2 saturated heterocycles. The number of piperidine rings is 1. The second kappa shape index (κ2) is 8.91. The highest BCUT2D eigenvalue weighted by Gasteiger charge is 2.29. The van der Waals surface area contributed by atoms with Crippen LogP contribution in [0, 0.1) is 0 Å². The standard InChI is InChI=1S/C20H30N2OS/c1-2-19(16-6-4-3-5-7-16)20(23)22-12-8-17(9-13-22)21-18-10-14-24-15-11-18/h3-7,17-19,21H,2,8-15H2,1H3. The zero-order chi connectivity index (χ0) is 16.8. The van der Waals surface area contributed by atoms with Gasteiger partial charge in [0.25, 0.3) is 0 Å². The Morgan fingerprint density at radius 2 is 1.75 bits per heavy atom. The maximum atomic E-state index is 12.9. The predicted molar refractivity (Wildman–Crippen MR) is 103 cm³/mol. The quantitative estimate of drug-likeness (QED) is 0.883. The maximum Gasteiger partial charge on any atom is 0.230 e. The summed E-state index contributed by atoms with van der Waals surface area (Å²) in [5, 5.41) is 3.84. The van der Waals surface area contributed by atoms with Gasteiger partial charge < -0.3 is 10.2 Å². The third kappa shape index (κ3) is 4.54. The number of benzene rings is 1. The normalized spacial score (nSPS) is 21.6. The van der Waals surface area contributed by atoms with Crippen molar-refractivity contribution >= 4 is 17.7 Å². The van der Waals surface area contributed by atoms with Crippen LogP contribution in [0.25, 0.3) is 0 Å². The Kier molecular flexibility index (Phi) is 6.61. The lowest BCUT2D eigenvalue weighted by Gasteiger charge is -2.37. The summed E-state index contributed by atoms with van der Waals surface area (Å²) < 4.78 is 0. The van der Waals surface area contributed by atoms with Crippen LogP contribution in [0.15, 0.2) is 30.3 Å². The Morgan fingerprint density at radius 1 is 1.12 bits per heavy atom. The van der Waals surface area contributed by atoms with Gasteiger partial charge in [0, 0.05) is 25.2 Å². The molecule has 0 saturated carbocycles. The summed E-state index contributed by atoms with van der Waals surface area (Å²) >= 11 is 2.08. The first kappa shape index (κ1) is 17.8.